The van der Waals surface area contributed by atoms with Crippen molar-refractivity contribution >= 4 is 36.6 Å². The highest BCUT2D eigenvalue weighted by atomic mass is 35.5. The molecule has 0 aliphatic heterocycles. The number of hydrogen-bond acceptors (Lipinski definition) is 3. The standard InChI is InChI=1S/C9H16FN3O2.2ClH/c1-6(11)13-4-3-7(10)5-9(2,12)8(14)15;;/h5H,3-4,12H2,1-2H3,(H2,11,13)(H,14,15);2*1H/b7-5+;;/t9-;;/m1../s1. The predicted molar refractivity (Wildman–Crippen MR) is 70.7 cm³/mol. The summed E-state index contributed by atoms with van der Waals surface area (Å²) in [7, 11) is 0. The number of amidine groups is 1. The van der Waals surface area contributed by atoms with Crippen molar-refractivity contribution in [2.45, 2.75) is 25.8 Å². The summed E-state index contributed by atoms with van der Waals surface area (Å²) in [5, 5.41) is 8.62. The maximum Gasteiger partial charge on any atom is 0.327 e. The van der Waals surface area contributed by atoms with Crippen molar-refractivity contribution in [2.24, 2.45) is 16.5 Å². The van der Waals surface area contributed by atoms with Gasteiger partial charge in [-0.25, -0.2) is 9.18 Å². The molecule has 0 aromatic carbocycles. The van der Waals surface area contributed by atoms with Crippen LogP contribution in [0.25, 0.3) is 0 Å². The monoisotopic (exact) mass is 289 g/mol. The molecule has 0 radical (unpaired) electrons. The Morgan fingerprint density at radius 1 is 1.53 bits per heavy atom. The number of hydrogen-bond donors (Lipinski definition) is 3. The minimum absolute atomic E-state index is 0. The second kappa shape index (κ2) is 9.21. The van der Waals surface area contributed by atoms with Crippen molar-refractivity contribution in [3.63, 3.8) is 0 Å². The zero-order valence-corrected chi connectivity index (χ0v) is 11.3. The van der Waals surface area contributed by atoms with Crippen LogP contribution < -0.4 is 11.5 Å². The zero-order valence-electron chi connectivity index (χ0n) is 9.64. The lowest BCUT2D eigenvalue weighted by Gasteiger charge is -2.13. The Hall–Kier alpha value is -0.850. The first-order valence-electron chi connectivity index (χ1n) is 4.41. The van der Waals surface area contributed by atoms with Gasteiger partial charge in [0.15, 0.2) is 0 Å². The number of halogens is 3. The summed E-state index contributed by atoms with van der Waals surface area (Å²) >= 11 is 0. The Bertz CT molecular complexity index is 303. The molecule has 0 aliphatic rings. The average molecular weight is 290 g/mol. The summed E-state index contributed by atoms with van der Waals surface area (Å²) < 4.78 is 13.1. The third kappa shape index (κ3) is 10.0. The molecule has 5 N–H and O–H groups in total. The maximum absolute atomic E-state index is 13.1. The van der Waals surface area contributed by atoms with E-state index in [0.717, 1.165) is 6.08 Å². The van der Waals surface area contributed by atoms with Crippen molar-refractivity contribution in [1.29, 1.82) is 0 Å². The molecule has 1 atom stereocenters. The van der Waals surface area contributed by atoms with Gasteiger partial charge >= 0.3 is 5.97 Å². The highest BCUT2D eigenvalue weighted by molar-refractivity contribution is 5.85. The van der Waals surface area contributed by atoms with Crippen molar-refractivity contribution in [3.8, 4) is 0 Å². The summed E-state index contributed by atoms with van der Waals surface area (Å²) in [5.41, 5.74) is 8.87. The quantitative estimate of drug-likeness (QED) is 0.524. The van der Waals surface area contributed by atoms with E-state index in [1.807, 2.05) is 0 Å². The summed E-state index contributed by atoms with van der Waals surface area (Å²) in [5.74, 6) is -1.53. The van der Waals surface area contributed by atoms with Gasteiger partial charge in [-0.3, -0.25) is 4.99 Å². The van der Waals surface area contributed by atoms with Gasteiger partial charge in [-0.15, -0.1) is 24.8 Å². The molecule has 0 saturated carbocycles. The third-order valence-corrected chi connectivity index (χ3v) is 1.63. The smallest absolute Gasteiger partial charge is 0.327 e. The van der Waals surface area contributed by atoms with Crippen LogP contribution in [-0.4, -0.2) is 29.0 Å². The lowest BCUT2D eigenvalue weighted by atomic mass is 10.0. The fourth-order valence-corrected chi connectivity index (χ4v) is 0.798. The average Bonchev–Trinajstić information content (AvgIpc) is 2.01. The van der Waals surface area contributed by atoms with Gasteiger partial charge in [-0.1, -0.05) is 0 Å². The molecule has 0 amide bonds. The minimum atomic E-state index is -1.69. The SMILES string of the molecule is CC(N)=NCC/C(F)=C\[C@@](C)(N)C(=O)O.Cl.Cl. The van der Waals surface area contributed by atoms with Gasteiger partial charge in [0.25, 0.3) is 0 Å². The second-order valence-electron chi connectivity index (χ2n) is 3.45. The molecule has 0 rings (SSSR count). The van der Waals surface area contributed by atoms with E-state index in [0.29, 0.717) is 5.84 Å². The van der Waals surface area contributed by atoms with Crippen LogP contribution >= 0.6 is 24.8 Å². The summed E-state index contributed by atoms with van der Waals surface area (Å²) in [6.45, 7) is 2.98. The van der Waals surface area contributed by atoms with Crippen LogP contribution in [0.2, 0.25) is 0 Å². The molecule has 0 aromatic heterocycles. The fraction of sp³-hybridized carbons (Fsp3) is 0.556. The van der Waals surface area contributed by atoms with Crippen LogP contribution in [0.3, 0.4) is 0 Å². The van der Waals surface area contributed by atoms with E-state index in [4.69, 9.17) is 16.6 Å². The molecule has 0 fully saturated rings. The van der Waals surface area contributed by atoms with Crippen LogP contribution in [0.4, 0.5) is 4.39 Å². The lowest BCUT2D eigenvalue weighted by molar-refractivity contribution is -0.140. The summed E-state index contributed by atoms with van der Waals surface area (Å²) in [6.07, 6.45) is 0.866. The Kier molecular flexibility index (Phi) is 11.6. The molecule has 0 bridgehead atoms. The van der Waals surface area contributed by atoms with E-state index < -0.39 is 17.3 Å². The minimum Gasteiger partial charge on any atom is -0.480 e. The van der Waals surface area contributed by atoms with Crippen LogP contribution in [0.1, 0.15) is 20.3 Å². The molecule has 0 aliphatic carbocycles. The molecule has 0 unspecified atom stereocenters. The van der Waals surface area contributed by atoms with Crippen molar-refractivity contribution in [1.82, 2.24) is 0 Å². The number of aliphatic carboxylic acids is 1. The van der Waals surface area contributed by atoms with Crippen molar-refractivity contribution in [3.05, 3.63) is 11.9 Å². The summed E-state index contributed by atoms with van der Waals surface area (Å²) in [6, 6.07) is 0. The molecule has 0 aromatic rings. The molecule has 102 valence electrons. The van der Waals surface area contributed by atoms with E-state index in [9.17, 15) is 9.18 Å². The van der Waals surface area contributed by atoms with E-state index in [1.165, 1.54) is 6.92 Å². The molecule has 0 spiro atoms. The number of carboxylic acid groups (broad SMARTS) is 1. The van der Waals surface area contributed by atoms with Gasteiger partial charge in [-0.2, -0.15) is 0 Å². The first-order chi connectivity index (χ1) is 6.75. The number of rotatable bonds is 5. The highest BCUT2D eigenvalue weighted by Crippen LogP contribution is 2.10. The number of nitrogens with two attached hydrogens (primary N) is 2. The Labute approximate surface area is 112 Å². The van der Waals surface area contributed by atoms with Gasteiger partial charge in [0.05, 0.1) is 5.84 Å². The molecular formula is C9H18Cl2FN3O2. The zero-order chi connectivity index (χ0) is 12.1. The first-order valence-corrected chi connectivity index (χ1v) is 4.41. The predicted octanol–water partition coefficient (Wildman–Crippen LogP) is 1.25. The van der Waals surface area contributed by atoms with Crippen LogP contribution in [0.5, 0.6) is 0 Å². The molecule has 17 heavy (non-hydrogen) atoms. The Balaban J connectivity index is -0.000000980. The van der Waals surface area contributed by atoms with E-state index in [-0.39, 0.29) is 37.8 Å². The van der Waals surface area contributed by atoms with Gasteiger partial charge in [-0.05, 0) is 19.9 Å². The van der Waals surface area contributed by atoms with E-state index in [1.54, 1.807) is 6.92 Å². The highest BCUT2D eigenvalue weighted by Gasteiger charge is 2.25. The number of carbonyl (C=O) groups is 1. The van der Waals surface area contributed by atoms with Gasteiger partial charge in [0.2, 0.25) is 0 Å². The summed E-state index contributed by atoms with van der Waals surface area (Å²) in [4.78, 5) is 14.3. The molecule has 0 heterocycles. The van der Waals surface area contributed by atoms with Gasteiger partial charge < -0.3 is 16.6 Å². The number of carboxylic acids is 1. The van der Waals surface area contributed by atoms with Crippen LogP contribution in [0.15, 0.2) is 16.9 Å². The lowest BCUT2D eigenvalue weighted by Crippen LogP contribution is -2.42. The van der Waals surface area contributed by atoms with Gasteiger partial charge in [0.1, 0.15) is 11.4 Å². The number of aliphatic imine (C=N–C) groups is 1. The van der Waals surface area contributed by atoms with Crippen molar-refractivity contribution in [2.75, 3.05) is 6.54 Å². The van der Waals surface area contributed by atoms with E-state index >= 15 is 0 Å². The third-order valence-electron chi connectivity index (χ3n) is 1.63. The fourth-order valence-electron chi connectivity index (χ4n) is 0.798. The first kappa shape index (κ1) is 21.4. The van der Waals surface area contributed by atoms with Crippen LogP contribution in [0, 0.1) is 0 Å². The number of nitrogens with zero attached hydrogens (tertiary/aromatic N) is 1. The molecule has 5 nitrogen and oxygen atoms in total. The largest absolute Gasteiger partial charge is 0.480 e. The second-order valence-corrected chi connectivity index (χ2v) is 3.45. The molecular weight excluding hydrogens is 272 g/mol. The molecule has 8 heteroatoms. The van der Waals surface area contributed by atoms with Crippen LogP contribution in [-0.2, 0) is 4.79 Å². The Morgan fingerprint density at radius 3 is 2.35 bits per heavy atom. The van der Waals surface area contributed by atoms with E-state index in [2.05, 4.69) is 4.99 Å². The maximum atomic E-state index is 13.1. The van der Waals surface area contributed by atoms with Gasteiger partial charge in [0, 0.05) is 13.0 Å². The Morgan fingerprint density at radius 2 is 2.00 bits per heavy atom. The van der Waals surface area contributed by atoms with Crippen molar-refractivity contribution < 1.29 is 14.3 Å². The normalized spacial score (nSPS) is 15.3. The molecule has 0 saturated heterocycles. The topological polar surface area (TPSA) is 102 Å².